The van der Waals surface area contributed by atoms with E-state index in [2.05, 4.69) is 5.32 Å². The Kier molecular flexibility index (Phi) is 4.05. The fourth-order valence-electron chi connectivity index (χ4n) is 3.56. The molecule has 3 heterocycles. The van der Waals surface area contributed by atoms with Gasteiger partial charge in [-0.15, -0.1) is 0 Å². The number of anilines is 1. The molecule has 1 unspecified atom stereocenters. The molecule has 1 aromatic rings. The summed E-state index contributed by atoms with van der Waals surface area (Å²) in [6, 6.07) is 10.1. The van der Waals surface area contributed by atoms with Gasteiger partial charge in [-0.25, -0.2) is 8.42 Å². The molecule has 1 N–H and O–H groups in total. The SMILES string of the molecule is O=S(=O)(CC1C[C@@H]2COC[C@@H]2O1)N1CC(Nc2ccccc2)C1. The van der Waals surface area contributed by atoms with E-state index in [-0.39, 0.29) is 24.0 Å². The molecule has 126 valence electrons. The highest BCUT2D eigenvalue weighted by Gasteiger charge is 2.43. The molecule has 6 nitrogen and oxygen atoms in total. The van der Waals surface area contributed by atoms with Crippen LogP contribution >= 0.6 is 0 Å². The van der Waals surface area contributed by atoms with Crippen LogP contribution in [0.1, 0.15) is 6.42 Å². The van der Waals surface area contributed by atoms with Crippen molar-refractivity contribution in [3.8, 4) is 0 Å². The Labute approximate surface area is 136 Å². The Morgan fingerprint density at radius 3 is 2.70 bits per heavy atom. The molecule has 0 radical (unpaired) electrons. The summed E-state index contributed by atoms with van der Waals surface area (Å²) >= 11 is 0. The summed E-state index contributed by atoms with van der Waals surface area (Å²) in [5.41, 5.74) is 1.03. The van der Waals surface area contributed by atoms with Gasteiger partial charge in [0.2, 0.25) is 10.0 Å². The minimum atomic E-state index is -3.24. The smallest absolute Gasteiger partial charge is 0.216 e. The highest BCUT2D eigenvalue weighted by molar-refractivity contribution is 7.89. The molecule has 4 rings (SSSR count). The third-order valence-corrected chi connectivity index (χ3v) is 6.73. The number of rotatable bonds is 5. The van der Waals surface area contributed by atoms with Crippen LogP contribution in [0.15, 0.2) is 30.3 Å². The Morgan fingerprint density at radius 1 is 1.17 bits per heavy atom. The average Bonchev–Trinajstić information content (AvgIpc) is 3.03. The third-order valence-electron chi connectivity index (χ3n) is 4.86. The first-order valence-corrected chi connectivity index (χ1v) is 9.74. The van der Waals surface area contributed by atoms with E-state index >= 15 is 0 Å². The first kappa shape index (κ1) is 15.4. The van der Waals surface area contributed by atoms with Crippen molar-refractivity contribution in [3.63, 3.8) is 0 Å². The zero-order valence-corrected chi connectivity index (χ0v) is 13.7. The molecule has 0 amide bonds. The number of para-hydroxylation sites is 1. The monoisotopic (exact) mass is 338 g/mol. The van der Waals surface area contributed by atoms with Gasteiger partial charge in [0.25, 0.3) is 0 Å². The molecule has 0 aromatic heterocycles. The van der Waals surface area contributed by atoms with Gasteiger partial charge < -0.3 is 14.8 Å². The molecule has 3 saturated heterocycles. The molecule has 3 aliphatic heterocycles. The molecule has 0 aliphatic carbocycles. The summed E-state index contributed by atoms with van der Waals surface area (Å²) < 4.78 is 37.7. The van der Waals surface area contributed by atoms with E-state index in [0.29, 0.717) is 32.2 Å². The molecule has 1 aromatic carbocycles. The van der Waals surface area contributed by atoms with E-state index in [0.717, 1.165) is 12.1 Å². The summed E-state index contributed by atoms with van der Waals surface area (Å²) in [6.07, 6.45) is 0.711. The lowest BCUT2D eigenvalue weighted by atomic mass is 10.0. The fourth-order valence-corrected chi connectivity index (χ4v) is 5.27. The Bertz CT molecular complexity index is 633. The lowest BCUT2D eigenvalue weighted by Crippen LogP contribution is -2.58. The second-order valence-corrected chi connectivity index (χ2v) is 8.65. The number of fused-ring (bicyclic) bond motifs is 1. The summed E-state index contributed by atoms with van der Waals surface area (Å²) in [4.78, 5) is 0. The van der Waals surface area contributed by atoms with E-state index in [9.17, 15) is 8.42 Å². The molecule has 23 heavy (non-hydrogen) atoms. The van der Waals surface area contributed by atoms with Crippen LogP contribution in [0.25, 0.3) is 0 Å². The zero-order valence-electron chi connectivity index (χ0n) is 12.9. The average molecular weight is 338 g/mol. The van der Waals surface area contributed by atoms with Gasteiger partial charge in [-0.2, -0.15) is 4.31 Å². The maximum atomic E-state index is 12.5. The van der Waals surface area contributed by atoms with Crippen LogP contribution in [0.5, 0.6) is 0 Å². The lowest BCUT2D eigenvalue weighted by Gasteiger charge is -2.39. The maximum Gasteiger partial charge on any atom is 0.216 e. The van der Waals surface area contributed by atoms with E-state index in [1.165, 1.54) is 0 Å². The van der Waals surface area contributed by atoms with Crippen LogP contribution in [0.2, 0.25) is 0 Å². The van der Waals surface area contributed by atoms with Crippen molar-refractivity contribution in [2.45, 2.75) is 24.7 Å². The number of nitrogens with zero attached hydrogens (tertiary/aromatic N) is 1. The predicted molar refractivity (Wildman–Crippen MR) is 86.8 cm³/mol. The van der Waals surface area contributed by atoms with E-state index < -0.39 is 10.0 Å². The van der Waals surface area contributed by atoms with Crippen molar-refractivity contribution < 1.29 is 17.9 Å². The normalized spacial score (nSPS) is 31.7. The molecule has 3 atom stereocenters. The van der Waals surface area contributed by atoms with Crippen LogP contribution in [-0.2, 0) is 19.5 Å². The van der Waals surface area contributed by atoms with Crippen molar-refractivity contribution in [2.24, 2.45) is 5.92 Å². The van der Waals surface area contributed by atoms with Gasteiger partial charge in [0.15, 0.2) is 0 Å². The molecule has 3 aliphatic rings. The molecule has 3 fully saturated rings. The number of hydrogen-bond acceptors (Lipinski definition) is 5. The van der Waals surface area contributed by atoms with Gasteiger partial charge >= 0.3 is 0 Å². The topological polar surface area (TPSA) is 67.9 Å². The summed E-state index contributed by atoms with van der Waals surface area (Å²) in [5.74, 6) is 0.469. The second kappa shape index (κ2) is 6.05. The van der Waals surface area contributed by atoms with Crippen LogP contribution in [-0.4, -0.2) is 63.0 Å². The first-order chi connectivity index (χ1) is 11.1. The van der Waals surface area contributed by atoms with E-state index in [1.807, 2.05) is 30.3 Å². The summed E-state index contributed by atoms with van der Waals surface area (Å²) in [5, 5.41) is 3.35. The second-order valence-electron chi connectivity index (χ2n) is 6.63. The Balaban J connectivity index is 1.27. The van der Waals surface area contributed by atoms with Crippen molar-refractivity contribution in [1.29, 1.82) is 0 Å². The van der Waals surface area contributed by atoms with Gasteiger partial charge in [-0.05, 0) is 18.6 Å². The number of hydrogen-bond donors (Lipinski definition) is 1. The number of benzene rings is 1. The molecule has 0 saturated carbocycles. The molecule has 0 bridgehead atoms. The standard InChI is InChI=1S/C16H22N2O4S/c19-23(20,11-15-6-12-9-21-10-16(12)22-15)18-7-14(8-18)17-13-4-2-1-3-5-13/h1-5,12,14-17H,6-11H2/t12-,15?,16+/m1/s1. The summed E-state index contributed by atoms with van der Waals surface area (Å²) in [7, 11) is -3.24. The van der Waals surface area contributed by atoms with Crippen molar-refractivity contribution in [1.82, 2.24) is 4.31 Å². The van der Waals surface area contributed by atoms with Crippen molar-refractivity contribution in [3.05, 3.63) is 30.3 Å². The van der Waals surface area contributed by atoms with E-state index in [4.69, 9.17) is 9.47 Å². The minimum Gasteiger partial charge on any atom is -0.380 e. The van der Waals surface area contributed by atoms with E-state index in [1.54, 1.807) is 4.31 Å². The lowest BCUT2D eigenvalue weighted by molar-refractivity contribution is 0.0293. The Hall–Kier alpha value is -1.15. The number of nitrogens with one attached hydrogen (secondary N) is 1. The minimum absolute atomic E-state index is 0.0953. The highest BCUT2D eigenvalue weighted by Crippen LogP contribution is 2.32. The summed E-state index contributed by atoms with van der Waals surface area (Å²) in [6.45, 7) is 2.36. The number of sulfonamides is 1. The molecular weight excluding hydrogens is 316 g/mol. The molecular formula is C16H22N2O4S. The third kappa shape index (κ3) is 3.24. The molecule has 0 spiro atoms. The fraction of sp³-hybridized carbons (Fsp3) is 0.625. The largest absolute Gasteiger partial charge is 0.380 e. The Morgan fingerprint density at radius 2 is 1.96 bits per heavy atom. The van der Waals surface area contributed by atoms with Crippen LogP contribution in [0.4, 0.5) is 5.69 Å². The van der Waals surface area contributed by atoms with Gasteiger partial charge in [0.1, 0.15) is 0 Å². The predicted octanol–water partition coefficient (Wildman–Crippen LogP) is 0.916. The van der Waals surface area contributed by atoms with Gasteiger partial charge in [-0.3, -0.25) is 0 Å². The van der Waals surface area contributed by atoms with Crippen molar-refractivity contribution in [2.75, 3.05) is 37.4 Å². The maximum absolute atomic E-state index is 12.5. The number of ether oxygens (including phenoxy) is 2. The van der Waals surface area contributed by atoms with Crippen LogP contribution < -0.4 is 5.32 Å². The molecule has 7 heteroatoms. The zero-order chi connectivity index (χ0) is 15.9. The first-order valence-electron chi connectivity index (χ1n) is 8.13. The highest BCUT2D eigenvalue weighted by atomic mass is 32.2. The van der Waals surface area contributed by atoms with Crippen LogP contribution in [0, 0.1) is 5.92 Å². The van der Waals surface area contributed by atoms with Gasteiger partial charge in [0.05, 0.1) is 37.2 Å². The van der Waals surface area contributed by atoms with Gasteiger partial charge in [0, 0.05) is 24.7 Å². The van der Waals surface area contributed by atoms with Crippen molar-refractivity contribution >= 4 is 15.7 Å². The van der Waals surface area contributed by atoms with Crippen LogP contribution in [0.3, 0.4) is 0 Å². The quantitative estimate of drug-likeness (QED) is 0.865. The van der Waals surface area contributed by atoms with Gasteiger partial charge in [-0.1, -0.05) is 18.2 Å².